The van der Waals surface area contributed by atoms with E-state index < -0.39 is 6.23 Å². The number of aliphatic hydroxyl groups excluding tert-OH is 1. The van der Waals surface area contributed by atoms with Gasteiger partial charge in [-0.1, -0.05) is 0 Å². The SMILES string of the molecule is CC(O)N[O]. The molecule has 0 bridgehead atoms. The van der Waals surface area contributed by atoms with Crippen molar-refractivity contribution in [1.82, 2.24) is 5.48 Å². The van der Waals surface area contributed by atoms with Gasteiger partial charge in [0.1, 0.15) is 6.23 Å². The predicted octanol–water partition coefficient (Wildman–Crippen LogP) is -0.740. The molecule has 0 aliphatic carbocycles. The van der Waals surface area contributed by atoms with E-state index in [0.29, 0.717) is 0 Å². The summed E-state index contributed by atoms with van der Waals surface area (Å²) in [5.74, 6) is 0. The molecular formula is C2H6NO2. The first-order valence-electron chi connectivity index (χ1n) is 1.33. The second kappa shape index (κ2) is 2.14. The lowest BCUT2D eigenvalue weighted by Gasteiger charge is -1.90. The number of rotatable bonds is 1. The topological polar surface area (TPSA) is 52.2 Å². The van der Waals surface area contributed by atoms with E-state index in [1.807, 2.05) is 0 Å². The van der Waals surface area contributed by atoms with Crippen LogP contribution in [0, 0.1) is 0 Å². The minimum absolute atomic E-state index is 0.921. The van der Waals surface area contributed by atoms with E-state index in [4.69, 9.17) is 10.3 Å². The molecule has 1 atom stereocenters. The van der Waals surface area contributed by atoms with Gasteiger partial charge in [0.05, 0.1) is 0 Å². The molecule has 0 amide bonds. The molecule has 0 aromatic carbocycles. The van der Waals surface area contributed by atoms with E-state index >= 15 is 0 Å². The third kappa shape index (κ3) is 3.88. The van der Waals surface area contributed by atoms with Gasteiger partial charge in [-0.05, 0) is 6.92 Å². The molecule has 1 radical (unpaired) electrons. The highest BCUT2D eigenvalue weighted by atomic mass is 16.5. The number of nitrogens with one attached hydrogen (secondary N) is 1. The summed E-state index contributed by atoms with van der Waals surface area (Å²) >= 11 is 0. The van der Waals surface area contributed by atoms with Crippen LogP contribution in [0.4, 0.5) is 0 Å². The van der Waals surface area contributed by atoms with E-state index in [9.17, 15) is 0 Å². The zero-order valence-corrected chi connectivity index (χ0v) is 2.93. The number of hydrogen-bond donors (Lipinski definition) is 2. The van der Waals surface area contributed by atoms with Crippen LogP contribution in [-0.4, -0.2) is 11.3 Å². The van der Waals surface area contributed by atoms with Gasteiger partial charge in [-0.2, -0.15) is 0 Å². The second-order valence-corrected chi connectivity index (χ2v) is 0.794. The first-order valence-corrected chi connectivity index (χ1v) is 1.33. The lowest BCUT2D eigenvalue weighted by Crippen LogP contribution is -2.18. The van der Waals surface area contributed by atoms with Crippen LogP contribution in [0.3, 0.4) is 0 Å². The summed E-state index contributed by atoms with van der Waals surface area (Å²) in [5, 5.41) is 17.1. The Morgan fingerprint density at radius 1 is 2.00 bits per heavy atom. The number of hydrogen-bond acceptors (Lipinski definition) is 2. The third-order valence-electron chi connectivity index (χ3n) is 0.171. The Labute approximate surface area is 30.2 Å². The van der Waals surface area contributed by atoms with Crippen LogP contribution >= 0.6 is 0 Å². The molecule has 1 unspecified atom stereocenters. The molecule has 0 saturated heterocycles. The Morgan fingerprint density at radius 2 is 2.20 bits per heavy atom. The standard InChI is InChI=1S/C2H6NO2/c1-2(4)3-5/h2-4H,1H3. The van der Waals surface area contributed by atoms with Crippen molar-refractivity contribution in [2.24, 2.45) is 0 Å². The molecule has 0 aromatic heterocycles. The van der Waals surface area contributed by atoms with Crippen molar-refractivity contribution in [3.63, 3.8) is 0 Å². The summed E-state index contributed by atoms with van der Waals surface area (Å²) in [4.78, 5) is 0. The molecular weight excluding hydrogens is 70.0 g/mol. The molecule has 0 saturated carbocycles. The minimum Gasteiger partial charge on any atom is -0.377 e. The molecule has 3 nitrogen and oxygen atoms in total. The highest BCUT2D eigenvalue weighted by Gasteiger charge is 1.82. The van der Waals surface area contributed by atoms with Crippen LogP contribution in [0.1, 0.15) is 6.92 Å². The van der Waals surface area contributed by atoms with Crippen LogP contribution < -0.4 is 5.48 Å². The van der Waals surface area contributed by atoms with Gasteiger partial charge in [0, 0.05) is 0 Å². The van der Waals surface area contributed by atoms with Crippen molar-refractivity contribution < 1.29 is 10.3 Å². The van der Waals surface area contributed by atoms with E-state index in [-0.39, 0.29) is 0 Å². The lowest BCUT2D eigenvalue weighted by atomic mass is 10.7. The van der Waals surface area contributed by atoms with Crippen LogP contribution in [0.15, 0.2) is 0 Å². The summed E-state index contributed by atoms with van der Waals surface area (Å²) in [5.41, 5.74) is 1.33. The summed E-state index contributed by atoms with van der Waals surface area (Å²) in [6.07, 6.45) is -0.921. The maximum Gasteiger partial charge on any atom is 0.127 e. The molecule has 31 valence electrons. The summed E-state index contributed by atoms with van der Waals surface area (Å²) < 4.78 is 0. The first-order chi connectivity index (χ1) is 2.27. The fraction of sp³-hybridized carbons (Fsp3) is 1.00. The van der Waals surface area contributed by atoms with Crippen molar-refractivity contribution >= 4 is 0 Å². The molecule has 3 heteroatoms. The number of aliphatic hydroxyl groups is 1. The van der Waals surface area contributed by atoms with Gasteiger partial charge in [0.25, 0.3) is 0 Å². The fourth-order valence-corrected chi connectivity index (χ4v) is 0. The lowest BCUT2D eigenvalue weighted by molar-refractivity contribution is -0.0359. The normalized spacial score (nSPS) is 15.0. The van der Waals surface area contributed by atoms with E-state index in [2.05, 4.69) is 0 Å². The predicted molar refractivity (Wildman–Crippen MR) is 15.5 cm³/mol. The van der Waals surface area contributed by atoms with Gasteiger partial charge in [-0.15, -0.1) is 10.7 Å². The number of hydroxylamine groups is 1. The van der Waals surface area contributed by atoms with E-state index in [1.165, 1.54) is 12.4 Å². The van der Waals surface area contributed by atoms with Gasteiger partial charge >= 0.3 is 0 Å². The maximum absolute atomic E-state index is 9.13. The van der Waals surface area contributed by atoms with Crippen LogP contribution in [0.25, 0.3) is 0 Å². The van der Waals surface area contributed by atoms with Crippen LogP contribution in [0.2, 0.25) is 0 Å². The second-order valence-electron chi connectivity index (χ2n) is 0.794. The smallest absolute Gasteiger partial charge is 0.127 e. The van der Waals surface area contributed by atoms with Crippen molar-refractivity contribution in [3.05, 3.63) is 0 Å². The van der Waals surface area contributed by atoms with Gasteiger partial charge in [-0.3, -0.25) is 0 Å². The average Bonchev–Trinajstić information content (AvgIpc) is 1.38. The largest absolute Gasteiger partial charge is 0.377 e. The zero-order chi connectivity index (χ0) is 4.28. The Morgan fingerprint density at radius 3 is 2.20 bits per heavy atom. The highest BCUT2D eigenvalue weighted by Crippen LogP contribution is 1.60. The van der Waals surface area contributed by atoms with E-state index in [1.54, 1.807) is 0 Å². The van der Waals surface area contributed by atoms with Gasteiger partial charge < -0.3 is 5.11 Å². The van der Waals surface area contributed by atoms with Crippen LogP contribution in [-0.2, 0) is 5.21 Å². The molecule has 2 N–H and O–H groups in total. The molecule has 0 fully saturated rings. The summed E-state index contributed by atoms with van der Waals surface area (Å²) in [7, 11) is 0. The molecule has 0 aliphatic rings. The molecule has 0 aromatic rings. The zero-order valence-electron chi connectivity index (χ0n) is 2.93. The monoisotopic (exact) mass is 76.0 g/mol. The quantitative estimate of drug-likeness (QED) is 0.319. The summed E-state index contributed by atoms with van der Waals surface area (Å²) in [6, 6.07) is 0. The maximum atomic E-state index is 9.13. The van der Waals surface area contributed by atoms with Gasteiger partial charge in [-0.25, -0.2) is 0 Å². The Hall–Kier alpha value is -0.120. The fourth-order valence-electron chi connectivity index (χ4n) is 0. The minimum atomic E-state index is -0.921. The van der Waals surface area contributed by atoms with Crippen LogP contribution in [0.5, 0.6) is 0 Å². The first kappa shape index (κ1) is 4.88. The van der Waals surface area contributed by atoms with E-state index in [0.717, 1.165) is 0 Å². The molecule has 0 heterocycles. The molecule has 5 heavy (non-hydrogen) atoms. The Bertz CT molecular complexity index is 21.6. The van der Waals surface area contributed by atoms with Crippen molar-refractivity contribution in [2.45, 2.75) is 13.2 Å². The molecule has 0 rings (SSSR count). The third-order valence-corrected chi connectivity index (χ3v) is 0.171. The van der Waals surface area contributed by atoms with Crippen molar-refractivity contribution in [1.29, 1.82) is 0 Å². The van der Waals surface area contributed by atoms with Crippen molar-refractivity contribution in [3.8, 4) is 0 Å². The average molecular weight is 76.1 g/mol. The van der Waals surface area contributed by atoms with Gasteiger partial charge in [0.2, 0.25) is 0 Å². The Balaban J connectivity index is 2.54. The Kier molecular flexibility index (Phi) is 2.09. The molecule has 0 aliphatic heterocycles. The van der Waals surface area contributed by atoms with Gasteiger partial charge in [0.15, 0.2) is 0 Å². The van der Waals surface area contributed by atoms with Crippen molar-refractivity contribution in [2.75, 3.05) is 0 Å². The molecule has 0 spiro atoms. The highest BCUT2D eigenvalue weighted by molar-refractivity contribution is 4.20. The summed E-state index contributed by atoms with van der Waals surface area (Å²) in [6.45, 7) is 1.35.